The highest BCUT2D eigenvalue weighted by Gasteiger charge is 2.39. The van der Waals surface area contributed by atoms with E-state index in [1.54, 1.807) is 24.3 Å². The lowest BCUT2D eigenvalue weighted by atomic mass is 10.0. The largest absolute Gasteiger partial charge is 0.366 e. The smallest absolute Gasteiger partial charge is 0.255 e. The highest BCUT2D eigenvalue weighted by atomic mass is 16.2. The number of carbonyl (C=O) groups is 4. The van der Waals surface area contributed by atoms with Crippen LogP contribution in [0.1, 0.15) is 39.1 Å². The Morgan fingerprint density at radius 1 is 1.12 bits per heavy atom. The highest BCUT2D eigenvalue weighted by Crippen LogP contribution is 2.32. The molecule has 2 aliphatic heterocycles. The van der Waals surface area contributed by atoms with E-state index in [-0.39, 0.29) is 18.2 Å². The Kier molecular flexibility index (Phi) is 4.81. The van der Waals surface area contributed by atoms with Gasteiger partial charge in [0.2, 0.25) is 17.7 Å². The van der Waals surface area contributed by atoms with Crippen LogP contribution in [0.3, 0.4) is 0 Å². The van der Waals surface area contributed by atoms with Crippen molar-refractivity contribution in [1.29, 1.82) is 0 Å². The zero-order valence-corrected chi connectivity index (χ0v) is 17.9. The molecule has 3 aromatic rings. The summed E-state index contributed by atoms with van der Waals surface area (Å²) in [5.74, 6) is -0.781. The van der Waals surface area contributed by atoms with E-state index in [1.165, 1.54) is 4.90 Å². The normalized spacial score (nSPS) is 17.8. The number of aromatic nitrogens is 2. The summed E-state index contributed by atoms with van der Waals surface area (Å²) in [5.41, 5.74) is 9.48. The molecule has 0 spiro atoms. The maximum atomic E-state index is 12.9. The second-order valence-corrected chi connectivity index (χ2v) is 8.28. The summed E-state index contributed by atoms with van der Waals surface area (Å²) in [7, 11) is 1.87. The van der Waals surface area contributed by atoms with Crippen LogP contribution in [0.15, 0.2) is 48.7 Å². The van der Waals surface area contributed by atoms with Gasteiger partial charge < -0.3 is 15.2 Å². The fourth-order valence-corrected chi connectivity index (χ4v) is 4.42. The molecule has 2 aliphatic rings. The van der Waals surface area contributed by atoms with Gasteiger partial charge in [-0.15, -0.1) is 0 Å². The number of rotatable bonds is 4. The lowest BCUT2D eigenvalue weighted by Gasteiger charge is -2.29. The number of primary amides is 1. The summed E-state index contributed by atoms with van der Waals surface area (Å²) < 4.78 is 1.86. The molecular formula is C24H21N5O4. The van der Waals surface area contributed by atoms with Gasteiger partial charge in [0.25, 0.3) is 5.91 Å². The summed E-state index contributed by atoms with van der Waals surface area (Å²) >= 11 is 0. The molecule has 0 bridgehead atoms. The number of imide groups is 1. The Labute approximate surface area is 189 Å². The molecule has 3 heterocycles. The average Bonchev–Trinajstić information content (AvgIpc) is 3.33. The number of hydrogen-bond acceptors (Lipinski definition) is 5. The third kappa shape index (κ3) is 3.57. The van der Waals surface area contributed by atoms with Gasteiger partial charge in [-0.25, -0.2) is 4.98 Å². The Morgan fingerprint density at radius 3 is 2.70 bits per heavy atom. The van der Waals surface area contributed by atoms with Gasteiger partial charge in [0, 0.05) is 48.5 Å². The minimum Gasteiger partial charge on any atom is -0.366 e. The van der Waals surface area contributed by atoms with Crippen LogP contribution in [0, 0.1) is 0 Å². The first-order valence-electron chi connectivity index (χ1n) is 10.5. The molecule has 1 unspecified atom stereocenters. The minimum atomic E-state index is -0.648. The number of amides is 4. The molecule has 1 fully saturated rings. The monoisotopic (exact) mass is 443 g/mol. The zero-order valence-electron chi connectivity index (χ0n) is 17.9. The van der Waals surface area contributed by atoms with Crippen LogP contribution in [-0.4, -0.2) is 44.1 Å². The van der Waals surface area contributed by atoms with Gasteiger partial charge in [-0.05, 0) is 36.2 Å². The molecule has 0 radical (unpaired) electrons. The van der Waals surface area contributed by atoms with Crippen molar-refractivity contribution < 1.29 is 19.2 Å². The summed E-state index contributed by atoms with van der Waals surface area (Å²) in [6, 6.07) is 11.8. The maximum absolute atomic E-state index is 12.9. The zero-order chi connectivity index (χ0) is 23.3. The molecule has 3 N–H and O–H groups in total. The van der Waals surface area contributed by atoms with Crippen molar-refractivity contribution in [2.24, 2.45) is 12.8 Å². The van der Waals surface area contributed by atoms with Crippen LogP contribution in [0.5, 0.6) is 0 Å². The topological polar surface area (TPSA) is 127 Å². The summed E-state index contributed by atoms with van der Waals surface area (Å²) in [4.78, 5) is 54.4. The number of fused-ring (bicyclic) bond motifs is 1. The molecule has 33 heavy (non-hydrogen) atoms. The van der Waals surface area contributed by atoms with Gasteiger partial charge in [0.05, 0.1) is 5.69 Å². The molecule has 1 saturated heterocycles. The van der Waals surface area contributed by atoms with Crippen LogP contribution < -0.4 is 11.1 Å². The number of hydrogen-bond donors (Lipinski definition) is 2. The number of aryl methyl sites for hydroxylation is 1. The maximum Gasteiger partial charge on any atom is 0.255 e. The van der Waals surface area contributed by atoms with Crippen molar-refractivity contribution in [2.75, 3.05) is 0 Å². The number of piperidine rings is 1. The molecule has 4 amide bonds. The molecule has 9 nitrogen and oxygen atoms in total. The number of nitrogens with one attached hydrogen (secondary N) is 1. The first-order chi connectivity index (χ1) is 15.8. The lowest BCUT2D eigenvalue weighted by molar-refractivity contribution is -0.136. The molecule has 1 aromatic heterocycles. The van der Waals surface area contributed by atoms with Crippen LogP contribution in [0.4, 0.5) is 0 Å². The fraction of sp³-hybridized carbons (Fsp3) is 0.208. The Morgan fingerprint density at radius 2 is 1.94 bits per heavy atom. The molecule has 166 valence electrons. The van der Waals surface area contributed by atoms with Crippen molar-refractivity contribution >= 4 is 23.6 Å². The third-order valence-corrected chi connectivity index (χ3v) is 6.10. The van der Waals surface area contributed by atoms with Gasteiger partial charge in [-0.1, -0.05) is 18.2 Å². The molecule has 0 aliphatic carbocycles. The number of benzene rings is 2. The van der Waals surface area contributed by atoms with E-state index in [4.69, 9.17) is 10.7 Å². The van der Waals surface area contributed by atoms with Crippen molar-refractivity contribution in [3.8, 4) is 22.6 Å². The number of imidazole rings is 1. The van der Waals surface area contributed by atoms with Crippen molar-refractivity contribution in [3.05, 3.63) is 65.4 Å². The lowest BCUT2D eigenvalue weighted by Crippen LogP contribution is -2.52. The quantitative estimate of drug-likeness (QED) is 0.592. The number of nitrogens with two attached hydrogens (primary N) is 1. The van der Waals surface area contributed by atoms with E-state index < -0.39 is 17.9 Å². The average molecular weight is 443 g/mol. The number of nitrogens with zero attached hydrogens (tertiary/aromatic N) is 3. The fourth-order valence-electron chi connectivity index (χ4n) is 4.42. The molecule has 5 rings (SSSR count). The predicted molar refractivity (Wildman–Crippen MR) is 119 cm³/mol. The van der Waals surface area contributed by atoms with Crippen molar-refractivity contribution in [3.63, 3.8) is 0 Å². The molecule has 0 saturated carbocycles. The van der Waals surface area contributed by atoms with Gasteiger partial charge >= 0.3 is 0 Å². The van der Waals surface area contributed by atoms with E-state index in [9.17, 15) is 19.2 Å². The second kappa shape index (κ2) is 7.70. The van der Waals surface area contributed by atoms with E-state index in [1.807, 2.05) is 36.0 Å². The summed E-state index contributed by atoms with van der Waals surface area (Å²) in [6.07, 6.45) is 2.42. The Bertz CT molecular complexity index is 1340. The van der Waals surface area contributed by atoms with E-state index in [0.29, 0.717) is 35.6 Å². The van der Waals surface area contributed by atoms with Crippen molar-refractivity contribution in [1.82, 2.24) is 19.8 Å². The molecule has 2 aromatic carbocycles. The van der Waals surface area contributed by atoms with Crippen molar-refractivity contribution in [2.45, 2.75) is 25.4 Å². The first-order valence-corrected chi connectivity index (χ1v) is 10.5. The SMILES string of the molecule is Cn1cc(-c2ccc3c(c2)CN(C2CCC(=O)NC2=O)C3=O)nc1-c1cccc(C(N)=O)c1. The highest BCUT2D eigenvalue weighted by molar-refractivity contribution is 6.05. The first kappa shape index (κ1) is 20.6. The summed E-state index contributed by atoms with van der Waals surface area (Å²) in [5, 5.41) is 2.31. The van der Waals surface area contributed by atoms with E-state index in [2.05, 4.69) is 5.32 Å². The minimum absolute atomic E-state index is 0.212. The van der Waals surface area contributed by atoms with Crippen LogP contribution in [0.2, 0.25) is 0 Å². The van der Waals surface area contributed by atoms with Gasteiger partial charge in [-0.2, -0.15) is 0 Å². The predicted octanol–water partition coefficient (Wildman–Crippen LogP) is 1.61. The van der Waals surface area contributed by atoms with E-state index >= 15 is 0 Å². The summed E-state index contributed by atoms with van der Waals surface area (Å²) in [6.45, 7) is 0.300. The molecule has 9 heteroatoms. The number of carbonyl (C=O) groups excluding carboxylic acids is 4. The van der Waals surface area contributed by atoms with Gasteiger partial charge in [0.15, 0.2) is 0 Å². The van der Waals surface area contributed by atoms with Crippen LogP contribution in [-0.2, 0) is 23.2 Å². The second-order valence-electron chi connectivity index (χ2n) is 8.28. The van der Waals surface area contributed by atoms with E-state index in [0.717, 1.165) is 16.7 Å². The standard InChI is InChI=1S/C24H21N5O4/c1-28-12-18(26-22(28)15-4-2-3-14(10-15)21(25)31)13-5-6-17-16(9-13)11-29(24(17)33)19-7-8-20(30)27-23(19)32/h2-6,9-10,12,19H,7-8,11H2,1H3,(H2,25,31)(H,27,30,32). The van der Waals surface area contributed by atoms with Gasteiger partial charge in [0.1, 0.15) is 11.9 Å². The van der Waals surface area contributed by atoms with Crippen LogP contribution >= 0.6 is 0 Å². The van der Waals surface area contributed by atoms with Crippen LogP contribution in [0.25, 0.3) is 22.6 Å². The third-order valence-electron chi connectivity index (χ3n) is 6.10. The Balaban J connectivity index is 1.44. The van der Waals surface area contributed by atoms with Gasteiger partial charge in [-0.3, -0.25) is 24.5 Å². The molecule has 1 atom stereocenters. The molecular weight excluding hydrogens is 422 g/mol. The Hall–Kier alpha value is -4.27.